The van der Waals surface area contributed by atoms with E-state index in [0.717, 1.165) is 32.2 Å². The van der Waals surface area contributed by atoms with Crippen molar-refractivity contribution >= 4 is 0 Å². The predicted molar refractivity (Wildman–Crippen MR) is 73.3 cm³/mol. The fourth-order valence-electron chi connectivity index (χ4n) is 2.48. The Labute approximate surface area is 110 Å². The van der Waals surface area contributed by atoms with Gasteiger partial charge in [-0.3, -0.25) is 4.98 Å². The Bertz CT molecular complexity index is 310. The van der Waals surface area contributed by atoms with Crippen LogP contribution in [-0.2, 0) is 11.3 Å². The minimum Gasteiger partial charge on any atom is -0.380 e. The summed E-state index contributed by atoms with van der Waals surface area (Å²) in [5.74, 6) is 0.817. The van der Waals surface area contributed by atoms with E-state index in [1.54, 1.807) is 6.20 Å². The van der Waals surface area contributed by atoms with E-state index in [1.807, 2.05) is 12.3 Å². The lowest BCUT2D eigenvalue weighted by molar-refractivity contribution is 0.0868. The smallest absolute Gasteiger partial charge is 0.0591 e. The second kappa shape index (κ2) is 8.22. The van der Waals surface area contributed by atoms with E-state index in [-0.39, 0.29) is 0 Å². The molecule has 1 fully saturated rings. The van der Waals surface area contributed by atoms with Crippen LogP contribution in [0.25, 0.3) is 0 Å². The van der Waals surface area contributed by atoms with E-state index in [2.05, 4.69) is 16.4 Å². The Hall–Kier alpha value is -0.930. The van der Waals surface area contributed by atoms with Gasteiger partial charge in [-0.15, -0.1) is 0 Å². The number of ether oxygens (including phenoxy) is 1. The lowest BCUT2D eigenvalue weighted by Crippen LogP contribution is -2.21. The molecule has 1 saturated carbocycles. The lowest BCUT2D eigenvalue weighted by atomic mass is 9.90. The van der Waals surface area contributed by atoms with Crippen molar-refractivity contribution in [3.8, 4) is 0 Å². The fourth-order valence-corrected chi connectivity index (χ4v) is 2.48. The minimum absolute atomic E-state index is 0.816. The summed E-state index contributed by atoms with van der Waals surface area (Å²) >= 11 is 0. The SMILES string of the molecule is c1cncc(CNCCOCC2CCCCC2)c1. The Morgan fingerprint density at radius 2 is 2.17 bits per heavy atom. The van der Waals surface area contributed by atoms with Gasteiger partial charge in [-0.2, -0.15) is 0 Å². The van der Waals surface area contributed by atoms with Gasteiger partial charge in [-0.1, -0.05) is 25.3 Å². The second-order valence-corrected chi connectivity index (χ2v) is 5.12. The highest BCUT2D eigenvalue weighted by Crippen LogP contribution is 2.23. The molecule has 3 heteroatoms. The first-order valence-electron chi connectivity index (χ1n) is 7.12. The summed E-state index contributed by atoms with van der Waals surface area (Å²) in [6.45, 7) is 3.56. The summed E-state index contributed by atoms with van der Waals surface area (Å²) in [7, 11) is 0. The maximum Gasteiger partial charge on any atom is 0.0591 e. The zero-order valence-corrected chi connectivity index (χ0v) is 11.1. The van der Waals surface area contributed by atoms with Gasteiger partial charge in [0.25, 0.3) is 0 Å². The molecule has 1 N–H and O–H groups in total. The highest BCUT2D eigenvalue weighted by Gasteiger charge is 2.12. The molecule has 0 saturated heterocycles. The normalized spacial score (nSPS) is 16.9. The molecule has 0 aliphatic heterocycles. The Kier molecular flexibility index (Phi) is 6.17. The van der Waals surface area contributed by atoms with E-state index in [1.165, 1.54) is 37.7 Å². The molecule has 0 spiro atoms. The van der Waals surface area contributed by atoms with Crippen LogP contribution in [0, 0.1) is 5.92 Å². The molecular formula is C15H24N2O. The highest BCUT2D eigenvalue weighted by molar-refractivity contribution is 5.07. The van der Waals surface area contributed by atoms with E-state index >= 15 is 0 Å². The molecule has 0 atom stereocenters. The van der Waals surface area contributed by atoms with Crippen molar-refractivity contribution in [2.75, 3.05) is 19.8 Å². The van der Waals surface area contributed by atoms with Gasteiger partial charge in [-0.05, 0) is 30.4 Å². The van der Waals surface area contributed by atoms with Crippen LogP contribution < -0.4 is 5.32 Å². The van der Waals surface area contributed by atoms with Gasteiger partial charge in [0.15, 0.2) is 0 Å². The van der Waals surface area contributed by atoms with Gasteiger partial charge < -0.3 is 10.1 Å². The number of rotatable bonds is 7. The Balaban J connectivity index is 1.46. The van der Waals surface area contributed by atoms with Gasteiger partial charge in [0.05, 0.1) is 6.61 Å². The van der Waals surface area contributed by atoms with Crippen molar-refractivity contribution in [1.29, 1.82) is 0 Å². The maximum absolute atomic E-state index is 5.73. The van der Waals surface area contributed by atoms with Crippen molar-refractivity contribution in [3.63, 3.8) is 0 Å². The van der Waals surface area contributed by atoms with Crippen molar-refractivity contribution < 1.29 is 4.74 Å². The molecule has 2 rings (SSSR count). The topological polar surface area (TPSA) is 34.2 Å². The average molecular weight is 248 g/mol. The van der Waals surface area contributed by atoms with Gasteiger partial charge in [0.1, 0.15) is 0 Å². The number of aromatic nitrogens is 1. The zero-order chi connectivity index (χ0) is 12.5. The molecule has 0 bridgehead atoms. The van der Waals surface area contributed by atoms with Gasteiger partial charge in [0.2, 0.25) is 0 Å². The van der Waals surface area contributed by atoms with Crippen molar-refractivity contribution in [2.45, 2.75) is 38.6 Å². The summed E-state index contributed by atoms with van der Waals surface area (Å²) in [6.07, 6.45) is 10.6. The van der Waals surface area contributed by atoms with Crippen molar-refractivity contribution in [3.05, 3.63) is 30.1 Å². The molecular weight excluding hydrogens is 224 g/mol. The minimum atomic E-state index is 0.816. The third-order valence-electron chi connectivity index (χ3n) is 3.55. The first-order valence-corrected chi connectivity index (χ1v) is 7.12. The van der Waals surface area contributed by atoms with Crippen LogP contribution >= 0.6 is 0 Å². The van der Waals surface area contributed by atoms with Crippen LogP contribution in [0.15, 0.2) is 24.5 Å². The predicted octanol–water partition coefficient (Wildman–Crippen LogP) is 2.77. The van der Waals surface area contributed by atoms with Crippen molar-refractivity contribution in [2.24, 2.45) is 5.92 Å². The molecule has 1 heterocycles. The monoisotopic (exact) mass is 248 g/mol. The van der Waals surface area contributed by atoms with E-state index in [9.17, 15) is 0 Å². The molecule has 18 heavy (non-hydrogen) atoms. The fraction of sp³-hybridized carbons (Fsp3) is 0.667. The van der Waals surface area contributed by atoms with Crippen LogP contribution in [0.4, 0.5) is 0 Å². The van der Waals surface area contributed by atoms with Crippen LogP contribution in [0.3, 0.4) is 0 Å². The summed E-state index contributed by atoms with van der Waals surface area (Å²) in [5.41, 5.74) is 1.23. The highest BCUT2D eigenvalue weighted by atomic mass is 16.5. The summed E-state index contributed by atoms with van der Waals surface area (Å²) in [5, 5.41) is 3.37. The number of pyridine rings is 1. The third-order valence-corrected chi connectivity index (χ3v) is 3.55. The first-order chi connectivity index (χ1) is 8.95. The first kappa shape index (κ1) is 13.5. The quantitative estimate of drug-likeness (QED) is 0.753. The van der Waals surface area contributed by atoms with Crippen LogP contribution in [0.2, 0.25) is 0 Å². The van der Waals surface area contributed by atoms with E-state index in [0.29, 0.717) is 0 Å². The maximum atomic E-state index is 5.73. The van der Waals surface area contributed by atoms with Gasteiger partial charge in [0, 0.05) is 32.1 Å². The molecule has 1 aliphatic carbocycles. The Morgan fingerprint density at radius 1 is 1.28 bits per heavy atom. The van der Waals surface area contributed by atoms with Gasteiger partial charge >= 0.3 is 0 Å². The van der Waals surface area contributed by atoms with E-state index < -0.39 is 0 Å². The van der Waals surface area contributed by atoms with Crippen LogP contribution in [0.1, 0.15) is 37.7 Å². The zero-order valence-electron chi connectivity index (χ0n) is 11.1. The average Bonchev–Trinajstić information content (AvgIpc) is 2.45. The Morgan fingerprint density at radius 3 is 2.94 bits per heavy atom. The molecule has 0 aromatic carbocycles. The van der Waals surface area contributed by atoms with Crippen LogP contribution in [0.5, 0.6) is 0 Å². The lowest BCUT2D eigenvalue weighted by Gasteiger charge is -2.21. The van der Waals surface area contributed by atoms with Gasteiger partial charge in [-0.25, -0.2) is 0 Å². The number of hydrogen-bond acceptors (Lipinski definition) is 3. The number of hydrogen-bond donors (Lipinski definition) is 1. The number of nitrogens with one attached hydrogen (secondary N) is 1. The molecule has 1 aliphatic rings. The molecule has 0 amide bonds. The largest absolute Gasteiger partial charge is 0.380 e. The molecule has 3 nitrogen and oxygen atoms in total. The van der Waals surface area contributed by atoms with Crippen LogP contribution in [-0.4, -0.2) is 24.7 Å². The molecule has 100 valence electrons. The molecule has 0 unspecified atom stereocenters. The summed E-state index contributed by atoms with van der Waals surface area (Å²) < 4.78 is 5.73. The summed E-state index contributed by atoms with van der Waals surface area (Å²) in [4.78, 5) is 4.09. The molecule has 1 aromatic heterocycles. The number of nitrogens with zero attached hydrogens (tertiary/aromatic N) is 1. The van der Waals surface area contributed by atoms with Crippen molar-refractivity contribution in [1.82, 2.24) is 10.3 Å². The molecule has 1 aromatic rings. The standard InChI is InChI=1S/C15H24N2O/c1-2-5-14(6-3-1)13-18-10-9-17-12-15-7-4-8-16-11-15/h4,7-8,11,14,17H,1-3,5-6,9-10,12-13H2. The second-order valence-electron chi connectivity index (χ2n) is 5.12. The third kappa shape index (κ3) is 5.15. The summed E-state index contributed by atoms with van der Waals surface area (Å²) in [6, 6.07) is 4.06. The van der Waals surface area contributed by atoms with E-state index in [4.69, 9.17) is 4.74 Å². The molecule has 0 radical (unpaired) electrons.